The fourth-order valence-corrected chi connectivity index (χ4v) is 1.71. The zero-order valence-corrected chi connectivity index (χ0v) is 11.2. The van der Waals surface area contributed by atoms with Crippen LogP contribution in [0.2, 0.25) is 5.02 Å². The highest BCUT2D eigenvalue weighted by atomic mass is 35.5. The zero-order valence-electron chi connectivity index (χ0n) is 10.4. The van der Waals surface area contributed by atoms with Gasteiger partial charge in [0.2, 0.25) is 5.91 Å². The largest absolute Gasteiger partial charge is 0.392 e. The summed E-state index contributed by atoms with van der Waals surface area (Å²) in [6, 6.07) is 7.27. The molecule has 0 aliphatic heterocycles. The highest BCUT2D eigenvalue weighted by molar-refractivity contribution is 6.30. The molecule has 0 bridgehead atoms. The van der Waals surface area contributed by atoms with Gasteiger partial charge in [0.15, 0.2) is 0 Å². The second-order valence-corrected chi connectivity index (χ2v) is 4.65. The van der Waals surface area contributed by atoms with E-state index in [1.54, 1.807) is 19.1 Å². The zero-order chi connectivity index (χ0) is 13.4. The van der Waals surface area contributed by atoms with Crippen molar-refractivity contribution in [1.82, 2.24) is 10.6 Å². The summed E-state index contributed by atoms with van der Waals surface area (Å²) < 4.78 is 0. The molecule has 1 rings (SSSR count). The van der Waals surface area contributed by atoms with E-state index in [-0.39, 0.29) is 12.0 Å². The van der Waals surface area contributed by atoms with E-state index >= 15 is 0 Å². The lowest BCUT2D eigenvalue weighted by Gasteiger charge is -2.08. The molecule has 0 saturated heterocycles. The lowest BCUT2D eigenvalue weighted by Crippen LogP contribution is -2.35. The molecular weight excluding hydrogens is 252 g/mol. The van der Waals surface area contributed by atoms with Crippen LogP contribution in [0.4, 0.5) is 0 Å². The van der Waals surface area contributed by atoms with Crippen molar-refractivity contribution in [2.24, 2.45) is 0 Å². The quantitative estimate of drug-likeness (QED) is 0.647. The predicted octanol–water partition coefficient (Wildman–Crippen LogP) is 0.969. The number of halogens is 1. The van der Waals surface area contributed by atoms with Crippen LogP contribution in [0.3, 0.4) is 0 Å². The first-order chi connectivity index (χ1) is 8.58. The van der Waals surface area contributed by atoms with E-state index in [4.69, 9.17) is 16.7 Å². The number of carbonyl (C=O) groups is 1. The van der Waals surface area contributed by atoms with E-state index in [9.17, 15) is 4.79 Å². The first-order valence-electron chi connectivity index (χ1n) is 5.98. The average molecular weight is 271 g/mol. The van der Waals surface area contributed by atoms with Crippen molar-refractivity contribution in [3.05, 3.63) is 34.9 Å². The van der Waals surface area contributed by atoms with Gasteiger partial charge in [0.25, 0.3) is 0 Å². The molecule has 0 saturated carbocycles. The van der Waals surface area contributed by atoms with E-state index < -0.39 is 0 Å². The Kier molecular flexibility index (Phi) is 6.72. The van der Waals surface area contributed by atoms with Gasteiger partial charge in [0, 0.05) is 24.7 Å². The summed E-state index contributed by atoms with van der Waals surface area (Å²) in [4.78, 5) is 11.6. The van der Waals surface area contributed by atoms with Crippen LogP contribution >= 0.6 is 11.6 Å². The number of amides is 1. The molecule has 1 amide bonds. The Labute approximate surface area is 112 Å². The summed E-state index contributed by atoms with van der Waals surface area (Å²) >= 11 is 5.84. The molecule has 0 radical (unpaired) electrons. The number of nitrogens with one attached hydrogen (secondary N) is 2. The van der Waals surface area contributed by atoms with Crippen LogP contribution in [0.5, 0.6) is 0 Å². The van der Waals surface area contributed by atoms with Crippen LogP contribution in [0, 0.1) is 0 Å². The maximum atomic E-state index is 11.6. The predicted molar refractivity (Wildman–Crippen MR) is 72.7 cm³/mol. The lowest BCUT2D eigenvalue weighted by atomic mass is 10.1. The number of aliphatic hydroxyl groups excluding tert-OH is 1. The summed E-state index contributed by atoms with van der Waals surface area (Å²) in [6.07, 6.45) is -0.0380. The highest BCUT2D eigenvalue weighted by Gasteiger charge is 2.03. The fourth-order valence-electron chi connectivity index (χ4n) is 1.50. The van der Waals surface area contributed by atoms with E-state index in [2.05, 4.69) is 10.6 Å². The molecule has 0 aliphatic carbocycles. The molecule has 1 atom stereocenters. The molecule has 100 valence electrons. The van der Waals surface area contributed by atoms with Gasteiger partial charge < -0.3 is 15.7 Å². The Morgan fingerprint density at radius 3 is 2.89 bits per heavy atom. The number of aliphatic hydroxyl groups is 1. The van der Waals surface area contributed by atoms with Crippen molar-refractivity contribution in [3.8, 4) is 0 Å². The Bertz CT molecular complexity index is 383. The Morgan fingerprint density at radius 2 is 2.22 bits per heavy atom. The van der Waals surface area contributed by atoms with E-state index in [0.717, 1.165) is 5.56 Å². The maximum absolute atomic E-state index is 11.6. The van der Waals surface area contributed by atoms with Crippen LogP contribution < -0.4 is 10.6 Å². The van der Waals surface area contributed by atoms with E-state index in [1.807, 2.05) is 12.1 Å². The summed E-state index contributed by atoms with van der Waals surface area (Å²) in [5, 5.41) is 15.5. The van der Waals surface area contributed by atoms with Gasteiger partial charge in [-0.3, -0.25) is 4.79 Å². The van der Waals surface area contributed by atoms with Crippen molar-refractivity contribution in [2.45, 2.75) is 19.4 Å². The van der Waals surface area contributed by atoms with Crippen molar-refractivity contribution in [1.29, 1.82) is 0 Å². The summed E-state index contributed by atoms with van der Waals surface area (Å²) in [5.41, 5.74) is 0.900. The van der Waals surface area contributed by atoms with Gasteiger partial charge in [0.05, 0.1) is 12.5 Å². The van der Waals surface area contributed by atoms with Crippen LogP contribution in [0.25, 0.3) is 0 Å². The van der Waals surface area contributed by atoms with Gasteiger partial charge >= 0.3 is 0 Å². The van der Waals surface area contributed by atoms with Gasteiger partial charge in [-0.1, -0.05) is 23.7 Å². The molecule has 0 spiro atoms. The standard InChI is InChI=1S/C13H19ClN2O2/c1-10(17)9-15-5-6-16-13(18)8-11-3-2-4-12(14)7-11/h2-4,7,10,15,17H,5-6,8-9H2,1H3,(H,16,18). The van der Waals surface area contributed by atoms with Gasteiger partial charge in [-0.25, -0.2) is 0 Å². The Morgan fingerprint density at radius 1 is 1.44 bits per heavy atom. The van der Waals surface area contributed by atoms with Crippen molar-refractivity contribution >= 4 is 17.5 Å². The number of rotatable bonds is 7. The van der Waals surface area contributed by atoms with Gasteiger partial charge in [-0.2, -0.15) is 0 Å². The number of benzene rings is 1. The van der Waals surface area contributed by atoms with Crippen molar-refractivity contribution in [2.75, 3.05) is 19.6 Å². The van der Waals surface area contributed by atoms with Crippen LogP contribution in [0.1, 0.15) is 12.5 Å². The molecule has 0 aliphatic rings. The van der Waals surface area contributed by atoms with Crippen molar-refractivity contribution in [3.63, 3.8) is 0 Å². The lowest BCUT2D eigenvalue weighted by molar-refractivity contribution is -0.120. The molecular formula is C13H19ClN2O2. The Balaban J connectivity index is 2.18. The van der Waals surface area contributed by atoms with Crippen LogP contribution in [0.15, 0.2) is 24.3 Å². The number of hydrogen-bond donors (Lipinski definition) is 3. The second-order valence-electron chi connectivity index (χ2n) is 4.21. The van der Waals surface area contributed by atoms with Gasteiger partial charge in [0.1, 0.15) is 0 Å². The molecule has 0 heterocycles. The number of hydrogen-bond acceptors (Lipinski definition) is 3. The third-order valence-corrected chi connectivity index (χ3v) is 2.55. The molecule has 1 aromatic rings. The Hall–Kier alpha value is -1.10. The minimum absolute atomic E-state index is 0.0314. The second kappa shape index (κ2) is 8.08. The van der Waals surface area contributed by atoms with Crippen LogP contribution in [-0.2, 0) is 11.2 Å². The minimum atomic E-state index is -0.368. The average Bonchev–Trinajstić information content (AvgIpc) is 2.28. The molecule has 1 unspecified atom stereocenters. The molecule has 1 aromatic carbocycles. The topological polar surface area (TPSA) is 61.4 Å². The molecule has 0 aromatic heterocycles. The molecule has 18 heavy (non-hydrogen) atoms. The van der Waals surface area contributed by atoms with Gasteiger partial charge in [-0.15, -0.1) is 0 Å². The monoisotopic (exact) mass is 270 g/mol. The summed E-state index contributed by atoms with van der Waals surface area (Å²) in [6.45, 7) is 3.44. The third-order valence-electron chi connectivity index (χ3n) is 2.32. The fraction of sp³-hybridized carbons (Fsp3) is 0.462. The highest BCUT2D eigenvalue weighted by Crippen LogP contribution is 2.10. The molecule has 3 N–H and O–H groups in total. The normalized spacial score (nSPS) is 12.2. The maximum Gasteiger partial charge on any atom is 0.224 e. The van der Waals surface area contributed by atoms with E-state index in [0.29, 0.717) is 31.1 Å². The summed E-state index contributed by atoms with van der Waals surface area (Å²) in [7, 11) is 0. The molecule has 4 nitrogen and oxygen atoms in total. The third kappa shape index (κ3) is 6.59. The molecule has 0 fully saturated rings. The van der Waals surface area contributed by atoms with Crippen LogP contribution in [-0.4, -0.2) is 36.8 Å². The SMILES string of the molecule is CC(O)CNCCNC(=O)Cc1cccc(Cl)c1. The van der Waals surface area contributed by atoms with Crippen molar-refractivity contribution < 1.29 is 9.90 Å². The first kappa shape index (κ1) is 15.0. The molecule has 5 heteroatoms. The number of carbonyl (C=O) groups excluding carboxylic acids is 1. The van der Waals surface area contributed by atoms with Gasteiger partial charge in [-0.05, 0) is 24.6 Å². The smallest absolute Gasteiger partial charge is 0.224 e. The first-order valence-corrected chi connectivity index (χ1v) is 6.35. The van der Waals surface area contributed by atoms with E-state index in [1.165, 1.54) is 0 Å². The minimum Gasteiger partial charge on any atom is -0.392 e. The summed E-state index contributed by atoms with van der Waals surface area (Å²) in [5.74, 6) is -0.0314.